The van der Waals surface area contributed by atoms with Gasteiger partial charge in [0, 0.05) is 43.7 Å². The third-order valence-electron chi connectivity index (χ3n) is 3.89. The van der Waals surface area contributed by atoms with Gasteiger partial charge in [-0.3, -0.25) is 4.79 Å². The number of piperazine rings is 1. The van der Waals surface area contributed by atoms with E-state index in [0.717, 1.165) is 23.8 Å². The number of benzene rings is 1. The van der Waals surface area contributed by atoms with Gasteiger partial charge in [0.05, 0.1) is 5.01 Å². The third-order valence-corrected chi connectivity index (χ3v) is 4.80. The molecule has 0 radical (unpaired) electrons. The van der Waals surface area contributed by atoms with E-state index in [4.69, 9.17) is 5.73 Å². The number of hydrogen-bond acceptors (Lipinski definition) is 5. The monoisotopic (exact) mass is 334 g/mol. The summed E-state index contributed by atoms with van der Waals surface area (Å²) in [7, 11) is 0. The standard InChI is InChI=1S/C16H19FN4OS/c17-12-1-3-13(4-2-12)20-7-9-21(10-8-20)16(22)14-11-23-15(19-14)5-6-18/h1-4,11H,5-10,18H2. The number of halogens is 1. The van der Waals surface area contributed by atoms with E-state index in [1.165, 1.54) is 23.5 Å². The summed E-state index contributed by atoms with van der Waals surface area (Å²) < 4.78 is 13.0. The Morgan fingerprint density at radius 1 is 1.22 bits per heavy atom. The van der Waals surface area contributed by atoms with Crippen LogP contribution in [0.5, 0.6) is 0 Å². The number of carbonyl (C=O) groups is 1. The Bertz CT molecular complexity index is 665. The molecule has 1 amide bonds. The van der Waals surface area contributed by atoms with E-state index < -0.39 is 0 Å². The number of nitrogens with two attached hydrogens (primary N) is 1. The highest BCUT2D eigenvalue weighted by Crippen LogP contribution is 2.18. The lowest BCUT2D eigenvalue weighted by Gasteiger charge is -2.35. The van der Waals surface area contributed by atoms with Crippen LogP contribution in [-0.4, -0.2) is 48.5 Å². The summed E-state index contributed by atoms with van der Waals surface area (Å²) in [5.74, 6) is -0.261. The van der Waals surface area contributed by atoms with E-state index in [-0.39, 0.29) is 11.7 Å². The minimum atomic E-state index is -0.237. The SMILES string of the molecule is NCCc1nc(C(=O)N2CCN(c3ccc(F)cc3)CC2)cs1. The number of aromatic nitrogens is 1. The van der Waals surface area contributed by atoms with E-state index in [2.05, 4.69) is 9.88 Å². The summed E-state index contributed by atoms with van der Waals surface area (Å²) in [6.45, 7) is 3.28. The van der Waals surface area contributed by atoms with Crippen molar-refractivity contribution >= 4 is 22.9 Å². The second-order valence-electron chi connectivity index (χ2n) is 5.42. The molecule has 0 spiro atoms. The first-order valence-electron chi connectivity index (χ1n) is 7.61. The summed E-state index contributed by atoms with van der Waals surface area (Å²) in [5.41, 5.74) is 7.00. The molecule has 1 aliphatic heterocycles. The first-order chi connectivity index (χ1) is 11.2. The highest BCUT2D eigenvalue weighted by molar-refractivity contribution is 7.09. The van der Waals surface area contributed by atoms with Gasteiger partial charge in [-0.15, -0.1) is 11.3 Å². The molecule has 0 unspecified atom stereocenters. The van der Waals surface area contributed by atoms with E-state index in [0.29, 0.717) is 31.7 Å². The number of thiazole rings is 1. The van der Waals surface area contributed by atoms with Crippen molar-refractivity contribution in [1.29, 1.82) is 0 Å². The van der Waals surface area contributed by atoms with E-state index in [9.17, 15) is 9.18 Å². The Kier molecular flexibility index (Phi) is 4.88. The molecule has 1 saturated heterocycles. The summed E-state index contributed by atoms with van der Waals surface area (Å²) >= 11 is 1.48. The average molecular weight is 334 g/mol. The Morgan fingerprint density at radius 2 is 1.91 bits per heavy atom. The highest BCUT2D eigenvalue weighted by Gasteiger charge is 2.23. The first-order valence-corrected chi connectivity index (χ1v) is 8.49. The molecule has 1 aromatic carbocycles. The van der Waals surface area contributed by atoms with Crippen LogP contribution in [0.1, 0.15) is 15.5 Å². The minimum absolute atomic E-state index is 0.0247. The summed E-state index contributed by atoms with van der Waals surface area (Å²) in [6, 6.07) is 6.46. The number of rotatable bonds is 4. The van der Waals surface area contributed by atoms with Crippen molar-refractivity contribution in [3.8, 4) is 0 Å². The normalized spacial score (nSPS) is 15.0. The van der Waals surface area contributed by atoms with Crippen molar-refractivity contribution in [2.24, 2.45) is 5.73 Å². The molecule has 2 aromatic rings. The molecule has 0 bridgehead atoms. The number of hydrogen-bond donors (Lipinski definition) is 1. The summed E-state index contributed by atoms with van der Waals surface area (Å²) in [6.07, 6.45) is 0.705. The largest absolute Gasteiger partial charge is 0.368 e. The predicted octanol–water partition coefficient (Wildman–Crippen LogP) is 1.75. The van der Waals surface area contributed by atoms with E-state index >= 15 is 0 Å². The molecular weight excluding hydrogens is 315 g/mol. The number of anilines is 1. The molecule has 2 heterocycles. The molecule has 7 heteroatoms. The van der Waals surface area contributed by atoms with Gasteiger partial charge in [-0.2, -0.15) is 0 Å². The van der Waals surface area contributed by atoms with Crippen LogP contribution in [0.4, 0.5) is 10.1 Å². The van der Waals surface area contributed by atoms with Gasteiger partial charge in [0.25, 0.3) is 5.91 Å². The van der Waals surface area contributed by atoms with Crippen LogP contribution >= 0.6 is 11.3 Å². The van der Waals surface area contributed by atoms with Crippen molar-refractivity contribution in [2.45, 2.75) is 6.42 Å². The smallest absolute Gasteiger partial charge is 0.273 e. The van der Waals surface area contributed by atoms with E-state index in [1.54, 1.807) is 17.5 Å². The zero-order valence-electron chi connectivity index (χ0n) is 12.7. The lowest BCUT2D eigenvalue weighted by molar-refractivity contribution is 0.0741. The fourth-order valence-electron chi connectivity index (χ4n) is 2.63. The zero-order valence-corrected chi connectivity index (χ0v) is 13.6. The van der Waals surface area contributed by atoms with Crippen LogP contribution in [-0.2, 0) is 6.42 Å². The van der Waals surface area contributed by atoms with Crippen LogP contribution < -0.4 is 10.6 Å². The van der Waals surface area contributed by atoms with Gasteiger partial charge in [-0.25, -0.2) is 9.37 Å². The van der Waals surface area contributed by atoms with E-state index in [1.807, 2.05) is 4.90 Å². The van der Waals surface area contributed by atoms with Crippen LogP contribution in [0.2, 0.25) is 0 Å². The maximum absolute atomic E-state index is 13.0. The van der Waals surface area contributed by atoms with Crippen molar-refractivity contribution < 1.29 is 9.18 Å². The van der Waals surface area contributed by atoms with Crippen molar-refractivity contribution in [1.82, 2.24) is 9.88 Å². The molecule has 0 saturated carbocycles. The van der Waals surface area contributed by atoms with Crippen LogP contribution in [0.25, 0.3) is 0 Å². The lowest BCUT2D eigenvalue weighted by Crippen LogP contribution is -2.48. The van der Waals surface area contributed by atoms with Crippen LogP contribution in [0, 0.1) is 5.82 Å². The highest BCUT2D eigenvalue weighted by atomic mass is 32.1. The zero-order chi connectivity index (χ0) is 16.2. The molecule has 1 aliphatic rings. The topological polar surface area (TPSA) is 62.5 Å². The van der Waals surface area contributed by atoms with Gasteiger partial charge < -0.3 is 15.5 Å². The number of carbonyl (C=O) groups excluding carboxylic acids is 1. The molecule has 3 rings (SSSR count). The average Bonchev–Trinajstić information content (AvgIpc) is 3.04. The number of amides is 1. The van der Waals surface area contributed by atoms with Gasteiger partial charge in [-0.05, 0) is 30.8 Å². The minimum Gasteiger partial charge on any atom is -0.368 e. The molecule has 2 N–H and O–H groups in total. The maximum atomic E-state index is 13.0. The fourth-order valence-corrected chi connectivity index (χ4v) is 3.42. The van der Waals surface area contributed by atoms with Gasteiger partial charge in [0.1, 0.15) is 11.5 Å². The second-order valence-corrected chi connectivity index (χ2v) is 6.36. The molecule has 1 fully saturated rings. The van der Waals surface area contributed by atoms with Gasteiger partial charge in [0.2, 0.25) is 0 Å². The molecule has 0 atom stereocenters. The Labute approximate surface area is 138 Å². The van der Waals surface area contributed by atoms with Gasteiger partial charge in [0.15, 0.2) is 0 Å². The molecular formula is C16H19FN4OS. The van der Waals surface area contributed by atoms with Gasteiger partial charge in [-0.1, -0.05) is 0 Å². The van der Waals surface area contributed by atoms with Crippen LogP contribution in [0.15, 0.2) is 29.6 Å². The molecule has 23 heavy (non-hydrogen) atoms. The molecule has 5 nitrogen and oxygen atoms in total. The Hall–Kier alpha value is -1.99. The van der Waals surface area contributed by atoms with Crippen molar-refractivity contribution in [3.63, 3.8) is 0 Å². The Morgan fingerprint density at radius 3 is 2.57 bits per heavy atom. The van der Waals surface area contributed by atoms with Crippen molar-refractivity contribution in [2.75, 3.05) is 37.6 Å². The fraction of sp³-hybridized carbons (Fsp3) is 0.375. The summed E-state index contributed by atoms with van der Waals surface area (Å²) in [4.78, 5) is 20.8. The predicted molar refractivity (Wildman–Crippen MR) is 89.4 cm³/mol. The summed E-state index contributed by atoms with van der Waals surface area (Å²) in [5, 5.41) is 2.71. The molecule has 1 aromatic heterocycles. The molecule has 0 aliphatic carbocycles. The van der Waals surface area contributed by atoms with Gasteiger partial charge >= 0.3 is 0 Å². The second kappa shape index (κ2) is 7.06. The van der Waals surface area contributed by atoms with Crippen molar-refractivity contribution in [3.05, 3.63) is 46.2 Å². The maximum Gasteiger partial charge on any atom is 0.273 e. The number of nitrogens with zero attached hydrogens (tertiary/aromatic N) is 3. The Balaban J connectivity index is 1.59. The third kappa shape index (κ3) is 3.68. The van der Waals surface area contributed by atoms with Crippen LogP contribution in [0.3, 0.4) is 0 Å². The quantitative estimate of drug-likeness (QED) is 0.925. The first kappa shape index (κ1) is 15.9. The molecule has 122 valence electrons. The lowest BCUT2D eigenvalue weighted by atomic mass is 10.2.